The molecule has 70 valence electrons. The van der Waals surface area contributed by atoms with Gasteiger partial charge in [-0.15, -0.1) is 0 Å². The Morgan fingerprint density at radius 3 is 1.17 bits per heavy atom. The van der Waals surface area contributed by atoms with E-state index in [9.17, 15) is 9.59 Å². The van der Waals surface area contributed by atoms with Crippen LogP contribution in [0.2, 0.25) is 0 Å². The predicted octanol–water partition coefficient (Wildman–Crippen LogP) is -2.89. The van der Waals surface area contributed by atoms with Gasteiger partial charge in [-0.25, -0.2) is 9.59 Å². The Balaban J connectivity index is 0. The van der Waals surface area contributed by atoms with Gasteiger partial charge >= 0.3 is 38.0 Å². The van der Waals surface area contributed by atoms with Crippen molar-refractivity contribution in [2.75, 3.05) is 0 Å². The maximum absolute atomic E-state index is 9.77. The van der Waals surface area contributed by atoms with Crippen LogP contribution >= 0.6 is 0 Å². The SMILES string of the molecule is O=C(O)C(O)C(O)C(=O)O.[O]=[SbH]. The van der Waals surface area contributed by atoms with Gasteiger partial charge in [0.1, 0.15) is 0 Å². The van der Waals surface area contributed by atoms with Gasteiger partial charge in [-0.05, 0) is 0 Å². The first kappa shape index (κ1) is 14.0. The molecule has 0 heterocycles. The van der Waals surface area contributed by atoms with E-state index in [1.807, 2.05) is 0 Å². The van der Waals surface area contributed by atoms with Gasteiger partial charge in [0.25, 0.3) is 0 Å². The average Bonchev–Trinajstić information content (AvgIpc) is 2.05. The van der Waals surface area contributed by atoms with Gasteiger partial charge in [0.05, 0.1) is 0 Å². The van der Waals surface area contributed by atoms with E-state index in [2.05, 4.69) is 0 Å². The molecule has 0 aromatic rings. The molecule has 0 aliphatic heterocycles. The van der Waals surface area contributed by atoms with E-state index in [4.69, 9.17) is 23.4 Å². The second-order valence-electron chi connectivity index (χ2n) is 1.57. The molecule has 8 heteroatoms. The molecule has 0 fully saturated rings. The fraction of sp³-hybridized carbons (Fsp3) is 0.500. The minimum atomic E-state index is -2.27. The van der Waals surface area contributed by atoms with Crippen LogP contribution in [-0.2, 0) is 12.6 Å². The molecular formula is C4H7O7Sb. The molecule has 0 aliphatic rings. The van der Waals surface area contributed by atoms with Gasteiger partial charge in [0.15, 0.2) is 12.2 Å². The van der Waals surface area contributed by atoms with E-state index in [1.165, 1.54) is 0 Å². The Labute approximate surface area is 80.5 Å². The van der Waals surface area contributed by atoms with Crippen LogP contribution in [0.25, 0.3) is 0 Å². The summed E-state index contributed by atoms with van der Waals surface area (Å²) in [6.07, 6.45) is -4.53. The van der Waals surface area contributed by atoms with Gasteiger partial charge in [-0.1, -0.05) is 0 Å². The molecule has 0 bridgehead atoms. The van der Waals surface area contributed by atoms with Crippen molar-refractivity contribution in [1.29, 1.82) is 0 Å². The molecule has 0 saturated heterocycles. The van der Waals surface area contributed by atoms with Gasteiger partial charge in [0, 0.05) is 0 Å². The number of rotatable bonds is 3. The van der Waals surface area contributed by atoms with E-state index >= 15 is 0 Å². The fourth-order valence-electron chi connectivity index (χ4n) is 0.270. The van der Waals surface area contributed by atoms with E-state index in [1.54, 1.807) is 0 Å². The van der Waals surface area contributed by atoms with Gasteiger partial charge < -0.3 is 20.4 Å². The summed E-state index contributed by atoms with van der Waals surface area (Å²) in [6.45, 7) is 0. The van der Waals surface area contributed by atoms with Crippen molar-refractivity contribution in [3.05, 3.63) is 0 Å². The molecule has 0 saturated carbocycles. The minimum absolute atomic E-state index is 0.300. The fourth-order valence-corrected chi connectivity index (χ4v) is 0.270. The van der Waals surface area contributed by atoms with Gasteiger partial charge in [-0.3, -0.25) is 0 Å². The summed E-state index contributed by atoms with van der Waals surface area (Å²) >= 11 is 0.300. The van der Waals surface area contributed by atoms with Crippen molar-refractivity contribution in [2.24, 2.45) is 0 Å². The maximum atomic E-state index is 9.77. The van der Waals surface area contributed by atoms with Crippen molar-refractivity contribution in [2.45, 2.75) is 12.2 Å². The summed E-state index contributed by atoms with van der Waals surface area (Å²) in [5.74, 6) is -3.54. The second kappa shape index (κ2) is 7.14. The van der Waals surface area contributed by atoms with Crippen LogP contribution in [-0.4, -0.2) is 67.6 Å². The van der Waals surface area contributed by atoms with Crippen LogP contribution < -0.4 is 0 Å². The van der Waals surface area contributed by atoms with Crippen molar-refractivity contribution in [1.82, 2.24) is 0 Å². The van der Waals surface area contributed by atoms with E-state index in [0.717, 1.165) is 0 Å². The van der Waals surface area contributed by atoms with Crippen molar-refractivity contribution >= 4 is 35.0 Å². The molecule has 0 amide bonds. The molecule has 0 aromatic carbocycles. The quantitative estimate of drug-likeness (QED) is 0.410. The number of aliphatic hydroxyl groups excluding tert-OH is 2. The zero-order valence-electron chi connectivity index (χ0n) is 5.67. The van der Waals surface area contributed by atoms with E-state index in [-0.39, 0.29) is 0 Å². The number of aliphatic carboxylic acids is 2. The van der Waals surface area contributed by atoms with Gasteiger partial charge in [0.2, 0.25) is 0 Å². The zero-order valence-corrected chi connectivity index (χ0v) is 8.52. The predicted molar refractivity (Wildman–Crippen MR) is 35.1 cm³/mol. The standard InChI is InChI=1S/C4H6O6.O.Sb.H/c5-1(3(7)8)2(6)4(9)10;;;/h1-2,5-6H,(H,7,8)(H,9,10);;;. The van der Waals surface area contributed by atoms with Crippen LogP contribution in [0.3, 0.4) is 0 Å². The molecule has 0 aliphatic carbocycles. The third-order valence-electron chi connectivity index (χ3n) is 0.805. The topological polar surface area (TPSA) is 132 Å². The van der Waals surface area contributed by atoms with Crippen LogP contribution in [0.4, 0.5) is 0 Å². The molecule has 0 aromatic heterocycles. The third kappa shape index (κ3) is 5.17. The number of hydrogen-bond acceptors (Lipinski definition) is 5. The molecule has 2 unspecified atom stereocenters. The Hall–Kier alpha value is -0.522. The number of hydrogen-bond donors (Lipinski definition) is 4. The third-order valence-corrected chi connectivity index (χ3v) is 0.805. The number of carboxylic acids is 2. The second-order valence-corrected chi connectivity index (χ2v) is 1.57. The Morgan fingerprint density at radius 1 is 0.917 bits per heavy atom. The monoisotopic (exact) mass is 288 g/mol. The molecule has 4 N–H and O–H groups in total. The van der Waals surface area contributed by atoms with Crippen LogP contribution in [0, 0.1) is 0 Å². The van der Waals surface area contributed by atoms with Gasteiger partial charge in [-0.2, -0.15) is 0 Å². The molecule has 12 heavy (non-hydrogen) atoms. The molecule has 7 nitrogen and oxygen atoms in total. The molecule has 2 atom stereocenters. The number of carboxylic acid groups (broad SMARTS) is 2. The Bertz CT molecular complexity index is 151. The zero-order chi connectivity index (χ0) is 10.3. The first-order valence-electron chi connectivity index (χ1n) is 2.49. The number of aliphatic hydroxyl groups is 2. The van der Waals surface area contributed by atoms with E-state index < -0.39 is 24.1 Å². The molecular weight excluding hydrogens is 282 g/mol. The summed E-state index contributed by atoms with van der Waals surface area (Å²) in [4.78, 5) is 19.5. The summed E-state index contributed by atoms with van der Waals surface area (Å²) in [6, 6.07) is 0. The van der Waals surface area contributed by atoms with Crippen molar-refractivity contribution < 1.29 is 33.0 Å². The molecule has 0 rings (SSSR count). The van der Waals surface area contributed by atoms with Crippen LogP contribution in [0.5, 0.6) is 0 Å². The summed E-state index contributed by atoms with van der Waals surface area (Å²) < 4.78 is 8.34. The first-order chi connectivity index (χ1) is 5.46. The summed E-state index contributed by atoms with van der Waals surface area (Å²) in [5.41, 5.74) is 0. The molecule has 0 radical (unpaired) electrons. The van der Waals surface area contributed by atoms with Crippen LogP contribution in [0.15, 0.2) is 0 Å². The average molecular weight is 289 g/mol. The first-order valence-corrected chi connectivity index (χ1v) is 3.65. The molecule has 0 spiro atoms. The van der Waals surface area contributed by atoms with Crippen molar-refractivity contribution in [3.63, 3.8) is 0 Å². The normalized spacial score (nSPS) is 13.5. The van der Waals surface area contributed by atoms with Crippen LogP contribution in [0.1, 0.15) is 0 Å². The van der Waals surface area contributed by atoms with E-state index in [0.29, 0.717) is 23.0 Å². The summed E-state index contributed by atoms with van der Waals surface area (Å²) in [7, 11) is 0. The summed E-state index contributed by atoms with van der Waals surface area (Å²) in [5, 5.41) is 32.5. The Kier molecular flexibility index (Phi) is 8.35. The number of carbonyl (C=O) groups is 2. The Morgan fingerprint density at radius 2 is 1.08 bits per heavy atom. The van der Waals surface area contributed by atoms with Crippen molar-refractivity contribution in [3.8, 4) is 0 Å².